The van der Waals surface area contributed by atoms with Crippen LogP contribution in [0.3, 0.4) is 0 Å². The van der Waals surface area contributed by atoms with Gasteiger partial charge in [0.05, 0.1) is 21.9 Å². The number of aliphatic carboxylic acids is 1. The Balaban J connectivity index is 1.76. The molecule has 0 fully saturated rings. The fourth-order valence-corrected chi connectivity index (χ4v) is 5.11. The van der Waals surface area contributed by atoms with Crippen LogP contribution >= 0.6 is 11.8 Å². The van der Waals surface area contributed by atoms with Crippen LogP contribution in [-0.4, -0.2) is 36.1 Å². The number of hydrogen-bond acceptors (Lipinski definition) is 5. The van der Waals surface area contributed by atoms with E-state index in [9.17, 15) is 18.0 Å². The molecule has 164 valence electrons. The average Bonchev–Trinajstić information content (AvgIpc) is 3.11. The summed E-state index contributed by atoms with van der Waals surface area (Å²) >= 11 is 1.11. The van der Waals surface area contributed by atoms with Crippen molar-refractivity contribution < 1.29 is 23.1 Å². The number of carbonyl (C=O) groups excluding carboxylic acids is 1. The lowest BCUT2D eigenvalue weighted by molar-refractivity contribution is -0.133. The lowest BCUT2D eigenvalue weighted by Crippen LogP contribution is -2.13. The van der Waals surface area contributed by atoms with Crippen molar-refractivity contribution in [2.45, 2.75) is 16.7 Å². The van der Waals surface area contributed by atoms with Gasteiger partial charge in [-0.05, 0) is 42.5 Å². The standard InChI is InChI=1S/C22H19N3O5S2/c1-13(26)23-14-6-8-16(9-7-14)32(29,30)25-20-11-15(31-12-21(27)28)10-18-17-4-2-3-5-19(17)24-22(18)20/h2-11,24-25H,12H2,1H3,(H,23,26)(H,27,28). The summed E-state index contributed by atoms with van der Waals surface area (Å²) in [4.78, 5) is 26.1. The van der Waals surface area contributed by atoms with Crippen LogP contribution in [0.5, 0.6) is 0 Å². The molecule has 1 aromatic heterocycles. The minimum absolute atomic E-state index is 0.0273. The van der Waals surface area contributed by atoms with Gasteiger partial charge in [-0.25, -0.2) is 8.42 Å². The lowest BCUT2D eigenvalue weighted by Gasteiger charge is -2.12. The van der Waals surface area contributed by atoms with E-state index in [1.54, 1.807) is 6.07 Å². The number of carboxylic acid groups (broad SMARTS) is 1. The molecule has 1 amide bonds. The van der Waals surface area contributed by atoms with Crippen molar-refractivity contribution in [1.29, 1.82) is 0 Å². The molecule has 1 heterocycles. The van der Waals surface area contributed by atoms with Crippen LogP contribution in [0.15, 0.2) is 70.5 Å². The third-order valence-corrected chi connectivity index (χ3v) is 7.02. The number of carbonyl (C=O) groups is 2. The first kappa shape index (κ1) is 21.7. The molecule has 4 rings (SSSR count). The number of rotatable bonds is 7. The molecule has 3 aromatic carbocycles. The predicted octanol–water partition coefficient (Wildman–Crippen LogP) is 4.26. The smallest absolute Gasteiger partial charge is 0.313 e. The summed E-state index contributed by atoms with van der Waals surface area (Å²) < 4.78 is 28.7. The van der Waals surface area contributed by atoms with Gasteiger partial charge in [-0.1, -0.05) is 18.2 Å². The zero-order valence-electron chi connectivity index (χ0n) is 16.9. The van der Waals surface area contributed by atoms with E-state index in [1.165, 1.54) is 31.2 Å². The Hall–Kier alpha value is -3.50. The Morgan fingerprint density at radius 1 is 1.03 bits per heavy atom. The van der Waals surface area contributed by atoms with E-state index < -0.39 is 16.0 Å². The molecular weight excluding hydrogens is 450 g/mol. The average molecular weight is 470 g/mol. The second kappa shape index (κ2) is 8.56. The van der Waals surface area contributed by atoms with Crippen LogP contribution in [0, 0.1) is 0 Å². The number of anilines is 2. The lowest BCUT2D eigenvalue weighted by atomic mass is 10.1. The van der Waals surface area contributed by atoms with Gasteiger partial charge in [0.1, 0.15) is 0 Å². The quantitative estimate of drug-likeness (QED) is 0.300. The summed E-state index contributed by atoms with van der Waals surface area (Å²) in [6.07, 6.45) is 0. The molecule has 10 heteroatoms. The molecular formula is C22H19N3O5S2. The normalized spacial score (nSPS) is 11.5. The summed E-state index contributed by atoms with van der Waals surface area (Å²) in [5.74, 6) is -1.36. The van der Waals surface area contributed by atoms with Crippen LogP contribution in [0.1, 0.15) is 6.92 Å². The molecule has 0 aliphatic heterocycles. The van der Waals surface area contributed by atoms with Gasteiger partial charge in [-0.15, -0.1) is 11.8 Å². The van der Waals surface area contributed by atoms with Crippen molar-refractivity contribution in [2.24, 2.45) is 0 Å². The highest BCUT2D eigenvalue weighted by atomic mass is 32.2. The number of thioether (sulfide) groups is 1. The minimum Gasteiger partial charge on any atom is -0.481 e. The Bertz CT molecular complexity index is 1440. The van der Waals surface area contributed by atoms with E-state index >= 15 is 0 Å². The monoisotopic (exact) mass is 469 g/mol. The van der Waals surface area contributed by atoms with Gasteiger partial charge in [0.25, 0.3) is 10.0 Å². The zero-order chi connectivity index (χ0) is 22.9. The maximum atomic E-state index is 13.1. The third kappa shape index (κ3) is 4.56. The highest BCUT2D eigenvalue weighted by Gasteiger charge is 2.19. The van der Waals surface area contributed by atoms with Crippen molar-refractivity contribution in [3.8, 4) is 0 Å². The summed E-state index contributed by atoms with van der Waals surface area (Å²) in [5.41, 5.74) is 2.24. The largest absolute Gasteiger partial charge is 0.481 e. The Morgan fingerprint density at radius 3 is 2.44 bits per heavy atom. The molecule has 0 saturated carbocycles. The number of hydrogen-bond donors (Lipinski definition) is 4. The number of aromatic nitrogens is 1. The fraction of sp³-hybridized carbons (Fsp3) is 0.0909. The van der Waals surface area contributed by atoms with E-state index in [1.807, 2.05) is 30.3 Å². The van der Waals surface area contributed by atoms with Crippen molar-refractivity contribution >= 4 is 66.8 Å². The van der Waals surface area contributed by atoms with E-state index in [0.717, 1.165) is 28.1 Å². The summed E-state index contributed by atoms with van der Waals surface area (Å²) in [6, 6.07) is 16.8. The molecule has 32 heavy (non-hydrogen) atoms. The molecule has 0 atom stereocenters. The topological polar surface area (TPSA) is 128 Å². The number of carboxylic acids is 1. The highest BCUT2D eigenvalue weighted by Crippen LogP contribution is 2.36. The molecule has 0 unspecified atom stereocenters. The second-order valence-corrected chi connectivity index (χ2v) is 9.79. The van der Waals surface area contributed by atoms with Gasteiger partial charge in [0, 0.05) is 33.8 Å². The zero-order valence-corrected chi connectivity index (χ0v) is 18.5. The fourth-order valence-electron chi connectivity index (χ4n) is 3.36. The number of para-hydroxylation sites is 1. The first-order valence-corrected chi connectivity index (χ1v) is 12.0. The number of sulfonamides is 1. The molecule has 0 aliphatic carbocycles. The minimum atomic E-state index is -3.94. The van der Waals surface area contributed by atoms with Crippen molar-refractivity contribution in [2.75, 3.05) is 15.8 Å². The van der Waals surface area contributed by atoms with Crippen LogP contribution in [0.2, 0.25) is 0 Å². The van der Waals surface area contributed by atoms with Gasteiger partial charge in [-0.3, -0.25) is 14.3 Å². The molecule has 8 nitrogen and oxygen atoms in total. The molecule has 0 radical (unpaired) electrons. The number of fused-ring (bicyclic) bond motifs is 3. The predicted molar refractivity (Wildman–Crippen MR) is 126 cm³/mol. The molecule has 0 spiro atoms. The number of nitrogens with one attached hydrogen (secondary N) is 3. The summed E-state index contributed by atoms with van der Waals surface area (Å²) in [7, 11) is -3.94. The molecule has 4 aromatic rings. The first-order chi connectivity index (χ1) is 15.2. The first-order valence-electron chi connectivity index (χ1n) is 9.52. The van der Waals surface area contributed by atoms with Gasteiger partial charge in [0.2, 0.25) is 5.91 Å². The highest BCUT2D eigenvalue weighted by molar-refractivity contribution is 8.00. The summed E-state index contributed by atoms with van der Waals surface area (Å²) in [6.45, 7) is 1.37. The van der Waals surface area contributed by atoms with E-state index in [4.69, 9.17) is 5.11 Å². The Labute approximate surface area is 188 Å². The van der Waals surface area contributed by atoms with E-state index in [0.29, 0.717) is 21.8 Å². The number of H-pyrrole nitrogens is 1. The van der Waals surface area contributed by atoms with Crippen LogP contribution in [0.25, 0.3) is 21.8 Å². The van der Waals surface area contributed by atoms with Crippen LogP contribution in [-0.2, 0) is 19.6 Å². The van der Waals surface area contributed by atoms with Crippen LogP contribution in [0.4, 0.5) is 11.4 Å². The van der Waals surface area contributed by atoms with Crippen molar-refractivity contribution in [3.05, 3.63) is 60.7 Å². The van der Waals surface area contributed by atoms with Gasteiger partial charge in [-0.2, -0.15) is 0 Å². The maximum Gasteiger partial charge on any atom is 0.313 e. The molecule has 4 N–H and O–H groups in total. The van der Waals surface area contributed by atoms with Crippen molar-refractivity contribution in [1.82, 2.24) is 4.98 Å². The van der Waals surface area contributed by atoms with Gasteiger partial charge >= 0.3 is 5.97 Å². The second-order valence-electron chi connectivity index (χ2n) is 7.06. The Kier molecular flexibility index (Phi) is 5.81. The van der Waals surface area contributed by atoms with Crippen molar-refractivity contribution in [3.63, 3.8) is 0 Å². The number of benzene rings is 3. The number of aromatic amines is 1. The third-order valence-electron chi connectivity index (χ3n) is 4.68. The molecule has 0 aliphatic rings. The molecule has 0 saturated heterocycles. The van der Waals surface area contributed by atoms with Gasteiger partial charge in [0.15, 0.2) is 0 Å². The van der Waals surface area contributed by atoms with E-state index in [-0.39, 0.29) is 16.6 Å². The maximum absolute atomic E-state index is 13.1. The van der Waals surface area contributed by atoms with E-state index in [2.05, 4.69) is 15.0 Å². The summed E-state index contributed by atoms with van der Waals surface area (Å²) in [5, 5.41) is 13.3. The van der Waals surface area contributed by atoms with Crippen LogP contribution < -0.4 is 10.0 Å². The molecule has 0 bridgehead atoms. The SMILES string of the molecule is CC(=O)Nc1ccc(S(=O)(=O)Nc2cc(SCC(=O)O)cc3c2[nH]c2ccccc23)cc1. The number of amides is 1. The Morgan fingerprint density at radius 2 is 1.75 bits per heavy atom. The van der Waals surface area contributed by atoms with Gasteiger partial charge < -0.3 is 15.4 Å².